The van der Waals surface area contributed by atoms with Gasteiger partial charge in [0, 0.05) is 11.8 Å². The van der Waals surface area contributed by atoms with Crippen LogP contribution in [0.4, 0.5) is 0 Å². The predicted octanol–water partition coefficient (Wildman–Crippen LogP) is 1.55. The van der Waals surface area contributed by atoms with E-state index in [1.807, 2.05) is 13.0 Å². The highest BCUT2D eigenvalue weighted by Crippen LogP contribution is 2.17. The van der Waals surface area contributed by atoms with Gasteiger partial charge in [-0.05, 0) is 19.9 Å². The summed E-state index contributed by atoms with van der Waals surface area (Å²) < 4.78 is 5.18. The first-order chi connectivity index (χ1) is 6.69. The van der Waals surface area contributed by atoms with Gasteiger partial charge in [-0.25, -0.2) is 4.98 Å². The zero-order chi connectivity index (χ0) is 10.6. The lowest BCUT2D eigenvalue weighted by molar-refractivity contribution is 0.101. The highest BCUT2D eigenvalue weighted by Gasteiger charge is 2.08. The quantitative estimate of drug-likeness (QED) is 0.678. The van der Waals surface area contributed by atoms with Crippen LogP contribution in [0.15, 0.2) is 12.3 Å². The number of aromatic nitrogens is 1. The molecule has 0 N–H and O–H groups in total. The molecule has 4 nitrogen and oxygen atoms in total. The first kappa shape index (κ1) is 10.2. The average molecular weight is 190 g/mol. The fourth-order valence-corrected chi connectivity index (χ4v) is 0.987. The monoisotopic (exact) mass is 190 g/mol. The second kappa shape index (κ2) is 4.38. The van der Waals surface area contributed by atoms with Gasteiger partial charge in [0.25, 0.3) is 0 Å². The molecule has 0 saturated carbocycles. The number of ketones is 1. The van der Waals surface area contributed by atoms with Crippen LogP contribution >= 0.6 is 0 Å². The number of hydrogen-bond acceptors (Lipinski definition) is 4. The minimum atomic E-state index is -0.0945. The summed E-state index contributed by atoms with van der Waals surface area (Å²) in [6.45, 7) is 3.69. The second-order valence-corrected chi connectivity index (χ2v) is 2.67. The van der Waals surface area contributed by atoms with Crippen LogP contribution in [-0.4, -0.2) is 17.4 Å². The lowest BCUT2D eigenvalue weighted by Crippen LogP contribution is -2.00. The Hall–Kier alpha value is -1.89. The summed E-state index contributed by atoms with van der Waals surface area (Å²) >= 11 is 0. The molecule has 0 atom stereocenters. The molecule has 0 fully saturated rings. The Bertz CT molecular complexity index is 394. The Balaban J connectivity index is 3.15. The predicted molar refractivity (Wildman–Crippen MR) is 50.1 cm³/mol. The van der Waals surface area contributed by atoms with Gasteiger partial charge in [-0.15, -0.1) is 0 Å². The molecule has 0 amide bonds. The van der Waals surface area contributed by atoms with Gasteiger partial charge in [0.15, 0.2) is 17.2 Å². The largest absolute Gasteiger partial charge is 0.491 e. The van der Waals surface area contributed by atoms with Crippen molar-refractivity contribution in [3.63, 3.8) is 0 Å². The molecule has 0 aliphatic heterocycles. The van der Waals surface area contributed by atoms with E-state index < -0.39 is 0 Å². The average Bonchev–Trinajstić information content (AvgIpc) is 2.18. The van der Waals surface area contributed by atoms with E-state index in [2.05, 4.69) is 4.98 Å². The number of pyridine rings is 1. The third-order valence-electron chi connectivity index (χ3n) is 1.66. The molecule has 72 valence electrons. The van der Waals surface area contributed by atoms with Crippen LogP contribution in [0.25, 0.3) is 0 Å². The molecule has 1 rings (SSSR count). The van der Waals surface area contributed by atoms with Crippen LogP contribution in [0.5, 0.6) is 5.75 Å². The highest BCUT2D eigenvalue weighted by atomic mass is 16.5. The molecule has 1 aromatic heterocycles. The first-order valence-corrected chi connectivity index (χ1v) is 4.23. The van der Waals surface area contributed by atoms with E-state index in [-0.39, 0.29) is 11.5 Å². The molecule has 0 aliphatic carbocycles. The molecule has 0 radical (unpaired) electrons. The summed E-state index contributed by atoms with van der Waals surface area (Å²) in [5.41, 5.74) is 0.657. The molecular formula is C10H10N2O2. The molecule has 0 spiro atoms. The molecule has 1 aromatic rings. The maximum atomic E-state index is 11.0. The normalized spacial score (nSPS) is 9.21. The van der Waals surface area contributed by atoms with E-state index in [9.17, 15) is 4.79 Å². The number of hydrogen-bond donors (Lipinski definition) is 0. The molecule has 1 heterocycles. The van der Waals surface area contributed by atoms with Crippen molar-refractivity contribution in [3.8, 4) is 11.8 Å². The second-order valence-electron chi connectivity index (χ2n) is 2.67. The standard InChI is InChI=1S/C10H10N2O2/c1-3-14-10-4-8(7(2)13)6-12-9(10)5-11/h4,6H,3H2,1-2H3. The highest BCUT2D eigenvalue weighted by molar-refractivity contribution is 5.94. The van der Waals surface area contributed by atoms with Crippen molar-refractivity contribution in [3.05, 3.63) is 23.5 Å². The summed E-state index contributed by atoms with van der Waals surface area (Å²) in [5, 5.41) is 8.70. The summed E-state index contributed by atoms with van der Waals surface area (Å²) in [5.74, 6) is 0.269. The number of Topliss-reactive ketones (excluding diaryl/α,β-unsaturated/α-hetero) is 1. The van der Waals surface area contributed by atoms with Gasteiger partial charge >= 0.3 is 0 Å². The Morgan fingerprint density at radius 1 is 1.71 bits per heavy atom. The topological polar surface area (TPSA) is 63.0 Å². The lowest BCUT2D eigenvalue weighted by atomic mass is 10.2. The van der Waals surface area contributed by atoms with Gasteiger partial charge in [-0.1, -0.05) is 0 Å². The Morgan fingerprint density at radius 3 is 2.93 bits per heavy atom. The first-order valence-electron chi connectivity index (χ1n) is 4.23. The van der Waals surface area contributed by atoms with Crippen LogP contribution in [0.2, 0.25) is 0 Å². The van der Waals surface area contributed by atoms with Gasteiger partial charge in [0.05, 0.1) is 6.61 Å². The SMILES string of the molecule is CCOc1cc(C(C)=O)cnc1C#N. The van der Waals surface area contributed by atoms with Crippen LogP contribution in [0, 0.1) is 11.3 Å². The third kappa shape index (κ3) is 2.07. The number of ether oxygens (including phenoxy) is 1. The van der Waals surface area contributed by atoms with Crippen LogP contribution in [-0.2, 0) is 0 Å². The third-order valence-corrected chi connectivity index (χ3v) is 1.66. The summed E-state index contributed by atoms with van der Waals surface area (Å²) in [6, 6.07) is 3.44. The van der Waals surface area contributed by atoms with E-state index in [1.165, 1.54) is 19.2 Å². The molecule has 0 bridgehead atoms. The van der Waals surface area contributed by atoms with Crippen molar-refractivity contribution in [1.29, 1.82) is 5.26 Å². The summed E-state index contributed by atoms with van der Waals surface area (Å²) in [4.78, 5) is 14.9. The van der Waals surface area contributed by atoms with Crippen molar-refractivity contribution in [2.24, 2.45) is 0 Å². The minimum Gasteiger partial charge on any atom is -0.491 e. The molecule has 4 heteroatoms. The summed E-state index contributed by atoms with van der Waals surface area (Å²) in [7, 11) is 0. The molecule has 0 unspecified atom stereocenters. The lowest BCUT2D eigenvalue weighted by Gasteiger charge is -2.05. The number of nitrogens with zero attached hydrogens (tertiary/aromatic N) is 2. The minimum absolute atomic E-state index is 0.0945. The summed E-state index contributed by atoms with van der Waals surface area (Å²) in [6.07, 6.45) is 1.38. The molecular weight excluding hydrogens is 180 g/mol. The number of nitriles is 1. The Morgan fingerprint density at radius 2 is 2.43 bits per heavy atom. The van der Waals surface area contributed by atoms with E-state index in [4.69, 9.17) is 10.00 Å². The van der Waals surface area contributed by atoms with Crippen molar-refractivity contribution in [2.45, 2.75) is 13.8 Å². The van der Waals surface area contributed by atoms with Crippen molar-refractivity contribution >= 4 is 5.78 Å². The fourth-order valence-electron chi connectivity index (χ4n) is 0.987. The Kier molecular flexibility index (Phi) is 3.19. The molecule has 14 heavy (non-hydrogen) atoms. The van der Waals surface area contributed by atoms with Gasteiger partial charge in [-0.2, -0.15) is 5.26 Å². The van der Waals surface area contributed by atoms with Gasteiger partial charge < -0.3 is 4.74 Å². The Labute approximate surface area is 82.1 Å². The van der Waals surface area contributed by atoms with E-state index in [1.54, 1.807) is 0 Å². The van der Waals surface area contributed by atoms with Crippen molar-refractivity contribution < 1.29 is 9.53 Å². The van der Waals surface area contributed by atoms with Crippen LogP contribution in [0.3, 0.4) is 0 Å². The zero-order valence-corrected chi connectivity index (χ0v) is 8.07. The molecule has 0 aromatic carbocycles. The molecule has 0 saturated heterocycles. The van der Waals surface area contributed by atoms with E-state index in [0.717, 1.165) is 0 Å². The van der Waals surface area contributed by atoms with Crippen molar-refractivity contribution in [1.82, 2.24) is 4.98 Å². The molecule has 0 aliphatic rings. The van der Waals surface area contributed by atoms with Crippen LogP contribution in [0.1, 0.15) is 29.9 Å². The van der Waals surface area contributed by atoms with Crippen LogP contribution < -0.4 is 4.74 Å². The van der Waals surface area contributed by atoms with Gasteiger partial charge in [-0.3, -0.25) is 4.79 Å². The smallest absolute Gasteiger partial charge is 0.182 e. The van der Waals surface area contributed by atoms with E-state index in [0.29, 0.717) is 17.9 Å². The number of rotatable bonds is 3. The van der Waals surface area contributed by atoms with E-state index >= 15 is 0 Å². The van der Waals surface area contributed by atoms with Gasteiger partial charge in [0.1, 0.15) is 6.07 Å². The van der Waals surface area contributed by atoms with Crippen molar-refractivity contribution in [2.75, 3.05) is 6.61 Å². The maximum Gasteiger partial charge on any atom is 0.182 e. The maximum absolute atomic E-state index is 11.0. The fraction of sp³-hybridized carbons (Fsp3) is 0.300. The van der Waals surface area contributed by atoms with Gasteiger partial charge in [0.2, 0.25) is 0 Å². The number of carbonyl (C=O) groups excluding carboxylic acids is 1. The zero-order valence-electron chi connectivity index (χ0n) is 8.07. The number of carbonyl (C=O) groups is 1.